The number of ether oxygens (including phenoxy) is 1. The molecule has 3 rings (SSSR count). The number of hydrogen-bond donors (Lipinski definition) is 3. The Bertz CT molecular complexity index is 1020. The van der Waals surface area contributed by atoms with Crippen LogP contribution in [0.25, 0.3) is 0 Å². The molecule has 9 nitrogen and oxygen atoms in total. The third-order valence-electron chi connectivity index (χ3n) is 6.29. The van der Waals surface area contributed by atoms with E-state index >= 15 is 0 Å². The molecular weight excluding hydrogens is 458 g/mol. The van der Waals surface area contributed by atoms with Crippen molar-refractivity contribution in [2.75, 3.05) is 32.1 Å². The van der Waals surface area contributed by atoms with E-state index in [2.05, 4.69) is 27.4 Å². The van der Waals surface area contributed by atoms with Crippen LogP contribution in [0.3, 0.4) is 0 Å². The number of carbonyl (C=O) groups is 2. The first-order valence-corrected chi connectivity index (χ1v) is 12.5. The number of amides is 3. The predicted molar refractivity (Wildman–Crippen MR) is 140 cm³/mol. The molecule has 9 heteroatoms. The maximum atomic E-state index is 13.3. The summed E-state index contributed by atoms with van der Waals surface area (Å²) in [6.07, 6.45) is 3.49. The molecule has 0 fully saturated rings. The summed E-state index contributed by atoms with van der Waals surface area (Å²) in [5.74, 6) is 0.567. The Morgan fingerprint density at radius 2 is 1.97 bits per heavy atom. The van der Waals surface area contributed by atoms with Crippen molar-refractivity contribution in [1.29, 1.82) is 0 Å². The standard InChI is InChI=1S/C27H39N5O4/c1-18(2)29-27(35)30-23-6-7-24-22(12-23)13-26(34)32(20(4)17-33)14-19(3)25(36-24)16-31(5)15-21-8-10-28-11-9-21/h6-12,18-20,25,33H,13-17H2,1-5H3,(H2,29,30,35)/t19-,20-,25-/m1/s1. The highest BCUT2D eigenvalue weighted by Crippen LogP contribution is 2.29. The van der Waals surface area contributed by atoms with Crippen LogP contribution in [0, 0.1) is 5.92 Å². The number of anilines is 1. The first kappa shape index (κ1) is 27.4. The summed E-state index contributed by atoms with van der Waals surface area (Å²) >= 11 is 0. The Labute approximate surface area is 213 Å². The van der Waals surface area contributed by atoms with E-state index in [1.165, 1.54) is 0 Å². The molecular formula is C27H39N5O4. The van der Waals surface area contributed by atoms with Gasteiger partial charge in [0.05, 0.1) is 19.1 Å². The fourth-order valence-electron chi connectivity index (χ4n) is 4.33. The summed E-state index contributed by atoms with van der Waals surface area (Å²) in [6, 6.07) is 8.78. The number of likely N-dealkylation sites (N-methyl/N-ethyl adjacent to an activating group) is 1. The number of pyridine rings is 1. The molecule has 3 atom stereocenters. The van der Waals surface area contributed by atoms with Gasteiger partial charge >= 0.3 is 6.03 Å². The van der Waals surface area contributed by atoms with Crippen LogP contribution in [-0.4, -0.2) is 76.8 Å². The van der Waals surface area contributed by atoms with Crippen molar-refractivity contribution >= 4 is 17.6 Å². The third kappa shape index (κ3) is 7.66. The van der Waals surface area contributed by atoms with Gasteiger partial charge in [0.15, 0.2) is 0 Å². The van der Waals surface area contributed by atoms with Gasteiger partial charge < -0.3 is 25.4 Å². The van der Waals surface area contributed by atoms with Crippen molar-refractivity contribution in [1.82, 2.24) is 20.1 Å². The number of hydrogen-bond acceptors (Lipinski definition) is 6. The molecule has 1 aromatic heterocycles. The smallest absolute Gasteiger partial charge is 0.319 e. The Kier molecular flexibility index (Phi) is 9.66. The summed E-state index contributed by atoms with van der Waals surface area (Å²) in [5, 5.41) is 15.4. The Balaban J connectivity index is 1.87. The highest BCUT2D eigenvalue weighted by Gasteiger charge is 2.31. The molecule has 1 aliphatic heterocycles. The Morgan fingerprint density at radius 3 is 2.64 bits per heavy atom. The van der Waals surface area contributed by atoms with Crippen LogP contribution in [0.1, 0.15) is 38.8 Å². The lowest BCUT2D eigenvalue weighted by atomic mass is 10.0. The maximum Gasteiger partial charge on any atom is 0.319 e. The number of benzene rings is 1. The second-order valence-electron chi connectivity index (χ2n) is 10.0. The molecule has 196 valence electrons. The quantitative estimate of drug-likeness (QED) is 0.518. The van der Waals surface area contributed by atoms with E-state index in [1.54, 1.807) is 29.4 Å². The van der Waals surface area contributed by atoms with Gasteiger partial charge in [-0.05, 0) is 63.7 Å². The SMILES string of the molecule is CC(C)NC(=O)Nc1ccc2c(c1)CC(=O)N([C@H](C)CO)C[C@@H](C)[C@@H](CN(C)Cc1ccncc1)O2. The first-order chi connectivity index (χ1) is 17.2. The van der Waals surface area contributed by atoms with Gasteiger partial charge in [0.25, 0.3) is 0 Å². The van der Waals surface area contributed by atoms with Crippen LogP contribution in [0.2, 0.25) is 0 Å². The molecule has 0 saturated heterocycles. The normalized spacial score (nSPS) is 19.1. The van der Waals surface area contributed by atoms with Crippen LogP contribution in [-0.2, 0) is 17.8 Å². The minimum absolute atomic E-state index is 0.00248. The summed E-state index contributed by atoms with van der Waals surface area (Å²) in [7, 11) is 2.05. The summed E-state index contributed by atoms with van der Waals surface area (Å²) in [4.78, 5) is 33.6. The average Bonchev–Trinajstić information content (AvgIpc) is 2.86. The monoisotopic (exact) mass is 497 g/mol. The summed E-state index contributed by atoms with van der Waals surface area (Å²) in [5.41, 5.74) is 2.45. The van der Waals surface area contributed by atoms with Crippen LogP contribution in [0.15, 0.2) is 42.7 Å². The Morgan fingerprint density at radius 1 is 1.25 bits per heavy atom. The number of nitrogens with one attached hydrogen (secondary N) is 2. The van der Waals surface area contributed by atoms with Gasteiger partial charge in [-0.1, -0.05) is 6.92 Å². The number of aliphatic hydroxyl groups excluding tert-OH is 1. The fraction of sp³-hybridized carbons (Fsp3) is 0.519. The molecule has 2 heterocycles. The molecule has 1 aromatic carbocycles. The van der Waals surface area contributed by atoms with E-state index in [-0.39, 0.29) is 49.1 Å². The Hall–Kier alpha value is -3.17. The second-order valence-corrected chi connectivity index (χ2v) is 10.0. The van der Waals surface area contributed by atoms with Crippen molar-refractivity contribution in [3.63, 3.8) is 0 Å². The summed E-state index contributed by atoms with van der Waals surface area (Å²) in [6.45, 7) is 9.45. The number of fused-ring (bicyclic) bond motifs is 1. The third-order valence-corrected chi connectivity index (χ3v) is 6.29. The van der Waals surface area contributed by atoms with Crippen LogP contribution in [0.5, 0.6) is 5.75 Å². The van der Waals surface area contributed by atoms with E-state index in [1.807, 2.05) is 46.0 Å². The van der Waals surface area contributed by atoms with Crippen molar-refractivity contribution in [3.8, 4) is 5.75 Å². The zero-order chi connectivity index (χ0) is 26.2. The van der Waals surface area contributed by atoms with E-state index in [9.17, 15) is 14.7 Å². The van der Waals surface area contributed by atoms with Gasteiger partial charge in [0.2, 0.25) is 5.91 Å². The van der Waals surface area contributed by atoms with Crippen molar-refractivity contribution in [3.05, 3.63) is 53.9 Å². The summed E-state index contributed by atoms with van der Waals surface area (Å²) < 4.78 is 6.55. The van der Waals surface area contributed by atoms with E-state index < -0.39 is 0 Å². The van der Waals surface area contributed by atoms with Gasteiger partial charge in [-0.25, -0.2) is 4.79 Å². The maximum absolute atomic E-state index is 13.3. The van der Waals surface area contributed by atoms with Crippen LogP contribution >= 0.6 is 0 Å². The number of nitrogens with zero attached hydrogens (tertiary/aromatic N) is 3. The lowest BCUT2D eigenvalue weighted by Gasteiger charge is -2.34. The number of rotatable bonds is 8. The van der Waals surface area contributed by atoms with Crippen molar-refractivity contribution in [2.24, 2.45) is 5.92 Å². The van der Waals surface area contributed by atoms with Gasteiger partial charge in [0, 0.05) is 55.2 Å². The van der Waals surface area contributed by atoms with E-state index in [0.717, 1.165) is 12.1 Å². The zero-order valence-corrected chi connectivity index (χ0v) is 21.9. The molecule has 1 aliphatic rings. The van der Waals surface area contributed by atoms with Gasteiger partial charge in [-0.15, -0.1) is 0 Å². The topological polar surface area (TPSA) is 107 Å². The molecule has 0 radical (unpaired) electrons. The molecule has 36 heavy (non-hydrogen) atoms. The highest BCUT2D eigenvalue weighted by molar-refractivity contribution is 5.90. The van der Waals surface area contributed by atoms with Crippen molar-refractivity contribution in [2.45, 2.75) is 58.8 Å². The molecule has 0 unspecified atom stereocenters. The van der Waals surface area contributed by atoms with Gasteiger partial charge in [-0.2, -0.15) is 0 Å². The number of aliphatic hydroxyl groups is 1. The van der Waals surface area contributed by atoms with Gasteiger partial charge in [0.1, 0.15) is 11.9 Å². The lowest BCUT2D eigenvalue weighted by molar-refractivity contribution is -0.134. The fourth-order valence-corrected chi connectivity index (χ4v) is 4.33. The minimum atomic E-state index is -0.310. The predicted octanol–water partition coefficient (Wildman–Crippen LogP) is 2.89. The molecule has 0 saturated carbocycles. The van der Waals surface area contributed by atoms with Crippen LogP contribution < -0.4 is 15.4 Å². The zero-order valence-electron chi connectivity index (χ0n) is 21.9. The average molecular weight is 498 g/mol. The first-order valence-electron chi connectivity index (χ1n) is 12.5. The molecule has 0 aliphatic carbocycles. The lowest BCUT2D eigenvalue weighted by Crippen LogP contribution is -2.47. The molecule has 2 aromatic rings. The molecule has 0 bridgehead atoms. The van der Waals surface area contributed by atoms with Gasteiger partial charge in [-0.3, -0.25) is 14.7 Å². The van der Waals surface area contributed by atoms with Crippen molar-refractivity contribution < 1.29 is 19.4 Å². The van der Waals surface area contributed by atoms with E-state index in [4.69, 9.17) is 4.74 Å². The molecule has 0 spiro atoms. The largest absolute Gasteiger partial charge is 0.488 e. The second kappa shape index (κ2) is 12.7. The van der Waals surface area contributed by atoms with E-state index in [0.29, 0.717) is 30.1 Å². The number of aromatic nitrogens is 1. The molecule has 3 N–H and O–H groups in total. The minimum Gasteiger partial charge on any atom is -0.488 e. The highest BCUT2D eigenvalue weighted by atomic mass is 16.5. The number of carbonyl (C=O) groups excluding carboxylic acids is 2. The molecule has 3 amide bonds. The van der Waals surface area contributed by atoms with Crippen LogP contribution in [0.4, 0.5) is 10.5 Å². The number of urea groups is 1.